The number of aryl methyl sites for hydroxylation is 3. The van der Waals surface area contributed by atoms with Crippen molar-refractivity contribution >= 4 is 16.6 Å². The van der Waals surface area contributed by atoms with E-state index in [2.05, 4.69) is 95.1 Å². The summed E-state index contributed by atoms with van der Waals surface area (Å²) in [6.07, 6.45) is 14.4. The molecule has 8 nitrogen and oxygen atoms in total. The lowest BCUT2D eigenvalue weighted by atomic mass is 9.70. The average Bonchev–Trinajstić information content (AvgIpc) is 3.60. The molecule has 0 saturated heterocycles. The van der Waals surface area contributed by atoms with Crippen LogP contribution in [0.5, 0.6) is 11.5 Å². The summed E-state index contributed by atoms with van der Waals surface area (Å²) in [6.45, 7) is 5.01. The van der Waals surface area contributed by atoms with Gasteiger partial charge in [-0.05, 0) is 124 Å². The van der Waals surface area contributed by atoms with Gasteiger partial charge in [0.15, 0.2) is 11.5 Å². The number of methoxy groups -OCH3 is 2. The van der Waals surface area contributed by atoms with Crippen LogP contribution in [0.4, 0.5) is 5.69 Å². The second-order valence-corrected chi connectivity index (χ2v) is 14.9. The van der Waals surface area contributed by atoms with Gasteiger partial charge in [-0.15, -0.1) is 5.10 Å². The van der Waals surface area contributed by atoms with E-state index in [-0.39, 0.29) is 6.04 Å². The van der Waals surface area contributed by atoms with Crippen molar-refractivity contribution in [2.24, 2.45) is 5.92 Å². The Morgan fingerprint density at radius 3 is 2.59 bits per heavy atom. The van der Waals surface area contributed by atoms with Crippen LogP contribution in [0.3, 0.4) is 0 Å². The molecule has 2 N–H and O–H groups in total. The van der Waals surface area contributed by atoms with Crippen LogP contribution < -0.4 is 15.2 Å². The van der Waals surface area contributed by atoms with Gasteiger partial charge in [-0.1, -0.05) is 59.3 Å². The zero-order valence-corrected chi connectivity index (χ0v) is 30.3. The topological polar surface area (TPSA) is 91.3 Å². The van der Waals surface area contributed by atoms with E-state index < -0.39 is 0 Å². The summed E-state index contributed by atoms with van der Waals surface area (Å²) in [5.41, 5.74) is 19.2. The molecule has 0 saturated carbocycles. The summed E-state index contributed by atoms with van der Waals surface area (Å²) >= 11 is 0. The quantitative estimate of drug-likeness (QED) is 0.105. The van der Waals surface area contributed by atoms with Crippen LogP contribution in [0.1, 0.15) is 89.7 Å². The van der Waals surface area contributed by atoms with E-state index in [1.54, 1.807) is 19.8 Å². The van der Waals surface area contributed by atoms with Crippen LogP contribution in [0.2, 0.25) is 0 Å². The lowest BCUT2D eigenvalue weighted by Crippen LogP contribution is -2.37. The molecule has 3 aromatic carbocycles. The molecule has 2 aliphatic carbocycles. The van der Waals surface area contributed by atoms with Crippen LogP contribution in [-0.2, 0) is 25.8 Å². The van der Waals surface area contributed by atoms with E-state index in [9.17, 15) is 0 Å². The van der Waals surface area contributed by atoms with Gasteiger partial charge < -0.3 is 15.2 Å². The largest absolute Gasteiger partial charge is 0.493 e. The number of nitrogens with two attached hydrogens (primary N) is 1. The number of rotatable bonds is 12. The van der Waals surface area contributed by atoms with E-state index in [1.165, 1.54) is 39.9 Å². The minimum Gasteiger partial charge on any atom is -0.493 e. The van der Waals surface area contributed by atoms with Crippen LogP contribution in [0.25, 0.3) is 10.9 Å². The zero-order valence-electron chi connectivity index (χ0n) is 30.3. The van der Waals surface area contributed by atoms with E-state index >= 15 is 0 Å². The van der Waals surface area contributed by atoms with Crippen molar-refractivity contribution in [3.8, 4) is 11.5 Å². The Balaban J connectivity index is 0.840. The van der Waals surface area contributed by atoms with Gasteiger partial charge in [0, 0.05) is 41.6 Å². The number of fused-ring (bicyclic) bond motifs is 6. The fraction of sp³-hybridized carbons (Fsp3) is 0.419. The first-order valence-corrected chi connectivity index (χ1v) is 18.8. The van der Waals surface area contributed by atoms with Crippen molar-refractivity contribution in [2.45, 2.75) is 83.2 Å². The van der Waals surface area contributed by atoms with E-state index in [0.29, 0.717) is 11.8 Å². The van der Waals surface area contributed by atoms with Crippen molar-refractivity contribution in [1.29, 1.82) is 0 Å². The predicted octanol–water partition coefficient (Wildman–Crippen LogP) is 8.16. The van der Waals surface area contributed by atoms with Crippen molar-refractivity contribution in [3.05, 3.63) is 118 Å². The molecule has 2 aromatic heterocycles. The van der Waals surface area contributed by atoms with Gasteiger partial charge in [-0.3, -0.25) is 14.6 Å². The summed E-state index contributed by atoms with van der Waals surface area (Å²) in [5, 5.41) is 10.2. The molecule has 5 aromatic rings. The molecule has 8 heteroatoms. The first-order chi connectivity index (χ1) is 25.0. The second kappa shape index (κ2) is 14.5. The number of benzene rings is 3. The SMILES string of the molecule is COc1cc2c(cc1OC)C(c1ccccc1)N(CCCc1cn(CCCCC3=CC4Cc5nc6cc(C)ccc6c(N)c5C(C3)C4)nn1)CC2. The molecular weight excluding hydrogens is 633 g/mol. The lowest BCUT2D eigenvalue weighted by Gasteiger charge is -2.38. The van der Waals surface area contributed by atoms with Gasteiger partial charge in [0.1, 0.15) is 0 Å². The molecule has 3 unspecified atom stereocenters. The van der Waals surface area contributed by atoms with Crippen molar-refractivity contribution < 1.29 is 9.47 Å². The highest BCUT2D eigenvalue weighted by molar-refractivity contribution is 5.93. The number of aromatic nitrogens is 4. The highest BCUT2D eigenvalue weighted by Crippen LogP contribution is 2.47. The summed E-state index contributed by atoms with van der Waals surface area (Å²) in [7, 11) is 3.42. The number of ether oxygens (including phenoxy) is 2. The number of nitrogens with zero attached hydrogens (tertiary/aromatic N) is 5. The predicted molar refractivity (Wildman–Crippen MR) is 203 cm³/mol. The van der Waals surface area contributed by atoms with E-state index in [4.69, 9.17) is 20.2 Å². The molecule has 0 spiro atoms. The molecule has 0 fully saturated rings. The molecular formula is C43H50N6O2. The molecule has 264 valence electrons. The third-order valence-corrected chi connectivity index (χ3v) is 11.4. The van der Waals surface area contributed by atoms with Crippen molar-refractivity contribution in [3.63, 3.8) is 0 Å². The first-order valence-electron chi connectivity index (χ1n) is 18.8. The molecule has 2 bridgehead atoms. The number of nitrogen functional groups attached to an aromatic ring is 1. The van der Waals surface area contributed by atoms with Crippen LogP contribution in [-0.4, -0.2) is 52.2 Å². The standard InChI is InChI=1S/C43H50N6O2/c1-28-14-15-35-37(20-28)45-38-24-30-21-29(22-33(23-30)41(38)42(35)44)10-7-8-18-49-27-34(46-47-49)13-9-17-48-19-16-32-25-39(50-2)40(51-3)26-36(32)43(48)31-11-5-4-6-12-31/h4-6,11-12,14-15,20-21,25-27,30,33,43H,7-10,13,16-19,22-24H2,1-3H3,(H2,44,45). The maximum Gasteiger partial charge on any atom is 0.161 e. The monoisotopic (exact) mass is 682 g/mol. The first kappa shape index (κ1) is 33.5. The number of anilines is 1. The number of unbranched alkanes of at least 4 members (excludes halogenated alkanes) is 1. The van der Waals surface area contributed by atoms with Gasteiger partial charge in [0.25, 0.3) is 0 Å². The average molecular weight is 683 g/mol. The highest BCUT2D eigenvalue weighted by Gasteiger charge is 2.34. The maximum atomic E-state index is 6.81. The van der Waals surface area contributed by atoms with Crippen LogP contribution in [0.15, 0.2) is 78.5 Å². The fourth-order valence-electron chi connectivity index (χ4n) is 9.03. The molecule has 3 heterocycles. The van der Waals surface area contributed by atoms with Gasteiger partial charge in [0.05, 0.1) is 31.5 Å². The number of hydrogen-bond acceptors (Lipinski definition) is 7. The van der Waals surface area contributed by atoms with E-state index in [0.717, 1.165) is 105 Å². The zero-order chi connectivity index (χ0) is 34.9. The molecule has 8 rings (SSSR count). The molecule has 3 atom stereocenters. The number of pyridine rings is 1. The minimum atomic E-state index is 0.178. The molecule has 1 aliphatic heterocycles. The summed E-state index contributed by atoms with van der Waals surface area (Å²) in [4.78, 5) is 7.70. The maximum absolute atomic E-state index is 6.81. The van der Waals surface area contributed by atoms with Gasteiger partial charge in [-0.25, -0.2) is 0 Å². The van der Waals surface area contributed by atoms with Crippen molar-refractivity contribution in [1.82, 2.24) is 24.9 Å². The van der Waals surface area contributed by atoms with Gasteiger partial charge in [-0.2, -0.15) is 0 Å². The van der Waals surface area contributed by atoms with Gasteiger partial charge >= 0.3 is 0 Å². The van der Waals surface area contributed by atoms with Crippen LogP contribution >= 0.6 is 0 Å². The van der Waals surface area contributed by atoms with Crippen molar-refractivity contribution in [2.75, 3.05) is 33.0 Å². The molecule has 0 radical (unpaired) electrons. The Morgan fingerprint density at radius 2 is 1.75 bits per heavy atom. The Kier molecular flexibility index (Phi) is 9.52. The molecule has 0 amide bonds. The Morgan fingerprint density at radius 1 is 0.902 bits per heavy atom. The fourth-order valence-corrected chi connectivity index (χ4v) is 9.03. The van der Waals surface area contributed by atoms with E-state index in [1.807, 2.05) is 4.68 Å². The number of allylic oxidation sites excluding steroid dienone is 2. The smallest absolute Gasteiger partial charge is 0.161 e. The number of hydrogen-bond donors (Lipinski definition) is 1. The normalized spacial score (nSPS) is 19.7. The summed E-state index contributed by atoms with van der Waals surface area (Å²) in [5.74, 6) is 2.65. The third-order valence-electron chi connectivity index (χ3n) is 11.4. The highest BCUT2D eigenvalue weighted by atomic mass is 16.5. The van der Waals surface area contributed by atoms with Gasteiger partial charge in [0.2, 0.25) is 0 Å². The molecule has 51 heavy (non-hydrogen) atoms. The Bertz CT molecular complexity index is 2050. The Hall–Kier alpha value is -4.69. The van der Waals surface area contributed by atoms with Crippen LogP contribution in [0, 0.1) is 12.8 Å². The molecule has 3 aliphatic rings. The third kappa shape index (κ3) is 6.86. The second-order valence-electron chi connectivity index (χ2n) is 14.9. The Labute approximate surface area is 301 Å². The summed E-state index contributed by atoms with van der Waals surface area (Å²) in [6, 6.07) is 21.8. The minimum absolute atomic E-state index is 0.178. The summed E-state index contributed by atoms with van der Waals surface area (Å²) < 4.78 is 13.4. The lowest BCUT2D eigenvalue weighted by molar-refractivity contribution is 0.209.